The van der Waals surface area contributed by atoms with Crippen LogP contribution in [0.4, 0.5) is 0 Å². The van der Waals surface area contributed by atoms with Crippen LogP contribution >= 0.6 is 0 Å². The van der Waals surface area contributed by atoms with Gasteiger partial charge in [0, 0.05) is 25.6 Å². The second-order valence-electron chi connectivity index (χ2n) is 6.40. The summed E-state index contributed by atoms with van der Waals surface area (Å²) in [4.78, 5) is 26.0. The fraction of sp³-hybridized carbons (Fsp3) is 0.556. The van der Waals surface area contributed by atoms with Crippen molar-refractivity contribution in [1.82, 2.24) is 10.2 Å². The zero-order chi connectivity index (χ0) is 16.7. The summed E-state index contributed by atoms with van der Waals surface area (Å²) in [6.07, 6.45) is 1.45. The van der Waals surface area contributed by atoms with Crippen LogP contribution in [-0.4, -0.2) is 43.0 Å². The molecule has 1 heterocycles. The summed E-state index contributed by atoms with van der Waals surface area (Å²) in [5, 5.41) is 2.98. The number of benzene rings is 1. The fourth-order valence-electron chi connectivity index (χ4n) is 2.59. The van der Waals surface area contributed by atoms with E-state index in [2.05, 4.69) is 19.2 Å². The molecule has 1 N–H and O–H groups in total. The maximum Gasteiger partial charge on any atom is 0.260 e. The first kappa shape index (κ1) is 17.3. The van der Waals surface area contributed by atoms with Crippen LogP contribution in [0.25, 0.3) is 0 Å². The van der Waals surface area contributed by atoms with Gasteiger partial charge in [-0.05, 0) is 30.9 Å². The molecule has 1 aromatic carbocycles. The van der Waals surface area contributed by atoms with Gasteiger partial charge in [-0.2, -0.15) is 0 Å². The van der Waals surface area contributed by atoms with Crippen LogP contribution in [0.5, 0.6) is 5.75 Å². The van der Waals surface area contributed by atoms with Crippen molar-refractivity contribution >= 4 is 11.8 Å². The minimum atomic E-state index is -0.0186. The minimum absolute atomic E-state index is 0.0186. The molecule has 1 fully saturated rings. The smallest absolute Gasteiger partial charge is 0.260 e. The van der Waals surface area contributed by atoms with Crippen molar-refractivity contribution in [1.29, 1.82) is 0 Å². The van der Waals surface area contributed by atoms with Crippen molar-refractivity contribution in [3.63, 3.8) is 0 Å². The Morgan fingerprint density at radius 1 is 1.22 bits per heavy atom. The average molecular weight is 318 g/mol. The van der Waals surface area contributed by atoms with Crippen LogP contribution in [0.1, 0.15) is 26.7 Å². The van der Waals surface area contributed by atoms with Gasteiger partial charge in [0.25, 0.3) is 5.91 Å². The number of likely N-dealkylation sites (tertiary alicyclic amines) is 1. The lowest BCUT2D eigenvalue weighted by Crippen LogP contribution is -2.45. The number of nitrogens with one attached hydrogen (secondary N) is 1. The molecule has 126 valence electrons. The van der Waals surface area contributed by atoms with Crippen molar-refractivity contribution in [3.05, 3.63) is 30.3 Å². The molecule has 0 radical (unpaired) electrons. The summed E-state index contributed by atoms with van der Waals surface area (Å²) < 4.78 is 5.49. The Bertz CT molecular complexity index is 508. The average Bonchev–Trinajstić information content (AvgIpc) is 2.58. The molecule has 2 rings (SSSR count). The normalized spacial score (nSPS) is 15.5. The van der Waals surface area contributed by atoms with Gasteiger partial charge in [-0.1, -0.05) is 32.0 Å². The molecule has 5 nitrogen and oxygen atoms in total. The molecule has 0 aromatic heterocycles. The SMILES string of the molecule is CC(C)CNC(=O)C1CCN(C(=O)COc2ccccc2)CC1. The number of hydrogen-bond donors (Lipinski definition) is 1. The Morgan fingerprint density at radius 2 is 1.87 bits per heavy atom. The zero-order valence-corrected chi connectivity index (χ0v) is 14.0. The summed E-state index contributed by atoms with van der Waals surface area (Å²) in [6, 6.07) is 9.32. The van der Waals surface area contributed by atoms with Gasteiger partial charge in [0.1, 0.15) is 5.75 Å². The third-order valence-electron chi connectivity index (χ3n) is 4.01. The Kier molecular flexibility index (Phi) is 6.44. The molecule has 1 aliphatic rings. The quantitative estimate of drug-likeness (QED) is 0.873. The monoisotopic (exact) mass is 318 g/mol. The van der Waals surface area contributed by atoms with Crippen molar-refractivity contribution in [2.24, 2.45) is 11.8 Å². The molecule has 0 bridgehead atoms. The van der Waals surface area contributed by atoms with Gasteiger partial charge in [0.2, 0.25) is 5.91 Å². The molecule has 5 heteroatoms. The minimum Gasteiger partial charge on any atom is -0.484 e. The first-order valence-corrected chi connectivity index (χ1v) is 8.29. The molecule has 1 aliphatic heterocycles. The summed E-state index contributed by atoms with van der Waals surface area (Å²) >= 11 is 0. The van der Waals surface area contributed by atoms with Gasteiger partial charge in [0.05, 0.1) is 0 Å². The topological polar surface area (TPSA) is 58.6 Å². The first-order chi connectivity index (χ1) is 11.1. The van der Waals surface area contributed by atoms with Crippen LogP contribution in [0.3, 0.4) is 0 Å². The van der Waals surface area contributed by atoms with E-state index in [1.54, 1.807) is 4.90 Å². The Hall–Kier alpha value is -2.04. The fourth-order valence-corrected chi connectivity index (χ4v) is 2.59. The van der Waals surface area contributed by atoms with E-state index in [0.717, 1.165) is 12.8 Å². The molecule has 2 amide bonds. The van der Waals surface area contributed by atoms with Crippen molar-refractivity contribution in [2.75, 3.05) is 26.2 Å². The summed E-state index contributed by atoms with van der Waals surface area (Å²) in [7, 11) is 0. The third-order valence-corrected chi connectivity index (χ3v) is 4.01. The van der Waals surface area contributed by atoms with E-state index >= 15 is 0 Å². The summed E-state index contributed by atoms with van der Waals surface area (Å²) in [5.74, 6) is 1.27. The lowest BCUT2D eigenvalue weighted by atomic mass is 9.95. The van der Waals surface area contributed by atoms with Crippen LogP contribution < -0.4 is 10.1 Å². The number of piperidine rings is 1. The highest BCUT2D eigenvalue weighted by Gasteiger charge is 2.27. The number of amides is 2. The predicted octanol–water partition coefficient (Wildman–Crippen LogP) is 2.08. The van der Waals surface area contributed by atoms with Crippen LogP contribution in [-0.2, 0) is 9.59 Å². The van der Waals surface area contributed by atoms with Crippen LogP contribution in [0, 0.1) is 11.8 Å². The van der Waals surface area contributed by atoms with E-state index < -0.39 is 0 Å². The number of rotatable bonds is 6. The Balaban J connectivity index is 1.71. The molecular weight excluding hydrogens is 292 g/mol. The number of para-hydroxylation sites is 1. The number of ether oxygens (including phenoxy) is 1. The number of hydrogen-bond acceptors (Lipinski definition) is 3. The van der Waals surface area contributed by atoms with Gasteiger partial charge in [-0.25, -0.2) is 0 Å². The molecule has 0 saturated carbocycles. The predicted molar refractivity (Wildman–Crippen MR) is 89.1 cm³/mol. The van der Waals surface area contributed by atoms with E-state index in [1.165, 1.54) is 0 Å². The first-order valence-electron chi connectivity index (χ1n) is 8.29. The lowest BCUT2D eigenvalue weighted by Gasteiger charge is -2.31. The molecule has 0 unspecified atom stereocenters. The van der Waals surface area contributed by atoms with Crippen LogP contribution in [0.15, 0.2) is 30.3 Å². The van der Waals surface area contributed by atoms with Gasteiger partial charge in [-0.15, -0.1) is 0 Å². The maximum absolute atomic E-state index is 12.2. The van der Waals surface area contributed by atoms with Gasteiger partial charge in [0.15, 0.2) is 6.61 Å². The molecule has 1 saturated heterocycles. The standard InChI is InChI=1S/C18H26N2O3/c1-14(2)12-19-18(22)15-8-10-20(11-9-15)17(21)13-23-16-6-4-3-5-7-16/h3-7,14-15H,8-13H2,1-2H3,(H,19,22). The second-order valence-corrected chi connectivity index (χ2v) is 6.40. The molecule has 23 heavy (non-hydrogen) atoms. The number of carbonyl (C=O) groups excluding carboxylic acids is 2. The highest BCUT2D eigenvalue weighted by molar-refractivity contribution is 5.80. The molecule has 0 aliphatic carbocycles. The molecule has 0 atom stereocenters. The van der Waals surface area contributed by atoms with E-state index in [1.807, 2.05) is 30.3 Å². The van der Waals surface area contributed by atoms with Crippen molar-refractivity contribution < 1.29 is 14.3 Å². The van der Waals surface area contributed by atoms with E-state index in [9.17, 15) is 9.59 Å². The largest absolute Gasteiger partial charge is 0.484 e. The molecular formula is C18H26N2O3. The van der Waals surface area contributed by atoms with E-state index in [-0.39, 0.29) is 24.3 Å². The molecule has 1 aromatic rings. The van der Waals surface area contributed by atoms with Crippen molar-refractivity contribution in [3.8, 4) is 5.75 Å². The Labute approximate surface area is 138 Å². The van der Waals surface area contributed by atoms with Crippen LogP contribution in [0.2, 0.25) is 0 Å². The summed E-state index contributed by atoms with van der Waals surface area (Å²) in [5.41, 5.74) is 0. The number of carbonyl (C=O) groups is 2. The van der Waals surface area contributed by atoms with Crippen molar-refractivity contribution in [2.45, 2.75) is 26.7 Å². The molecule has 0 spiro atoms. The lowest BCUT2D eigenvalue weighted by molar-refractivity contribution is -0.137. The van der Waals surface area contributed by atoms with Gasteiger partial charge < -0.3 is 15.0 Å². The van der Waals surface area contributed by atoms with Gasteiger partial charge >= 0.3 is 0 Å². The van der Waals surface area contributed by atoms with E-state index in [0.29, 0.717) is 31.3 Å². The van der Waals surface area contributed by atoms with Gasteiger partial charge in [-0.3, -0.25) is 9.59 Å². The maximum atomic E-state index is 12.2. The number of nitrogens with zero attached hydrogens (tertiary/aromatic N) is 1. The Morgan fingerprint density at radius 3 is 2.48 bits per heavy atom. The zero-order valence-electron chi connectivity index (χ0n) is 14.0. The highest BCUT2D eigenvalue weighted by Crippen LogP contribution is 2.18. The second kappa shape index (κ2) is 8.56. The third kappa shape index (κ3) is 5.58. The van der Waals surface area contributed by atoms with E-state index in [4.69, 9.17) is 4.74 Å². The highest BCUT2D eigenvalue weighted by atomic mass is 16.5. The summed E-state index contributed by atoms with van der Waals surface area (Å²) in [6.45, 7) is 6.16.